The van der Waals surface area contributed by atoms with Gasteiger partial charge in [-0.3, -0.25) is 0 Å². The summed E-state index contributed by atoms with van der Waals surface area (Å²) in [5, 5.41) is 4.43. The Morgan fingerprint density at radius 3 is 2.62 bits per heavy atom. The highest BCUT2D eigenvalue weighted by molar-refractivity contribution is 7.99. The molecule has 1 aliphatic carbocycles. The van der Waals surface area contributed by atoms with Crippen LogP contribution in [-0.2, 0) is 0 Å². The molecule has 0 radical (unpaired) electrons. The van der Waals surface area contributed by atoms with Crippen LogP contribution in [0.5, 0.6) is 0 Å². The molecule has 78 valence electrons. The van der Waals surface area contributed by atoms with E-state index in [0.29, 0.717) is 6.04 Å². The van der Waals surface area contributed by atoms with Gasteiger partial charge in [0.1, 0.15) is 0 Å². The highest BCUT2D eigenvalue weighted by Gasteiger charge is 2.14. The van der Waals surface area contributed by atoms with Crippen molar-refractivity contribution in [3.05, 3.63) is 0 Å². The second-order valence-electron chi connectivity index (χ2n) is 4.05. The summed E-state index contributed by atoms with van der Waals surface area (Å²) in [4.78, 5) is 0. The van der Waals surface area contributed by atoms with Gasteiger partial charge in [-0.15, -0.1) is 0 Å². The third kappa shape index (κ3) is 4.92. The van der Waals surface area contributed by atoms with E-state index in [-0.39, 0.29) is 0 Å². The van der Waals surface area contributed by atoms with E-state index in [9.17, 15) is 0 Å². The van der Waals surface area contributed by atoms with Crippen molar-refractivity contribution in [3.63, 3.8) is 0 Å². The van der Waals surface area contributed by atoms with Crippen LogP contribution in [0.3, 0.4) is 0 Å². The second kappa shape index (κ2) is 6.72. The Bertz CT molecular complexity index is 121. The quantitative estimate of drug-likeness (QED) is 0.734. The fourth-order valence-corrected chi connectivity index (χ4v) is 3.26. The molecule has 0 aromatic carbocycles. The maximum Gasteiger partial charge on any atom is 0.0129 e. The Hall–Kier alpha value is 0.310. The molecular formula is C11H23NS. The Kier molecular flexibility index (Phi) is 5.88. The molecule has 1 saturated carbocycles. The summed E-state index contributed by atoms with van der Waals surface area (Å²) in [6, 6.07) is 0.692. The molecule has 0 saturated heterocycles. The molecule has 0 aromatic heterocycles. The van der Waals surface area contributed by atoms with Crippen LogP contribution in [0.15, 0.2) is 0 Å². The SMILES string of the molecule is CCNC(C)CSC1CCCCC1. The van der Waals surface area contributed by atoms with E-state index >= 15 is 0 Å². The maximum atomic E-state index is 3.46. The van der Waals surface area contributed by atoms with E-state index in [0.717, 1.165) is 11.8 Å². The summed E-state index contributed by atoms with van der Waals surface area (Å²) in [5.41, 5.74) is 0. The number of thioether (sulfide) groups is 1. The van der Waals surface area contributed by atoms with E-state index in [1.165, 1.54) is 37.9 Å². The molecule has 1 aliphatic rings. The summed E-state index contributed by atoms with van der Waals surface area (Å²) >= 11 is 2.18. The van der Waals surface area contributed by atoms with E-state index in [4.69, 9.17) is 0 Å². The van der Waals surface area contributed by atoms with Gasteiger partial charge in [0.2, 0.25) is 0 Å². The number of rotatable bonds is 5. The topological polar surface area (TPSA) is 12.0 Å². The first-order valence-corrected chi connectivity index (χ1v) is 6.72. The monoisotopic (exact) mass is 201 g/mol. The molecule has 0 amide bonds. The van der Waals surface area contributed by atoms with Crippen LogP contribution in [0.2, 0.25) is 0 Å². The van der Waals surface area contributed by atoms with Crippen LogP contribution in [-0.4, -0.2) is 23.6 Å². The van der Waals surface area contributed by atoms with Gasteiger partial charge < -0.3 is 5.32 Å². The first-order chi connectivity index (χ1) is 6.33. The van der Waals surface area contributed by atoms with Gasteiger partial charge in [0.15, 0.2) is 0 Å². The van der Waals surface area contributed by atoms with Crippen molar-refractivity contribution >= 4 is 11.8 Å². The molecule has 0 heterocycles. The predicted octanol–water partition coefficient (Wildman–Crippen LogP) is 3.05. The lowest BCUT2D eigenvalue weighted by Gasteiger charge is -2.22. The minimum absolute atomic E-state index is 0.692. The normalized spacial score (nSPS) is 21.7. The molecule has 1 atom stereocenters. The Balaban J connectivity index is 2.03. The Morgan fingerprint density at radius 2 is 2.00 bits per heavy atom. The summed E-state index contributed by atoms with van der Waals surface area (Å²) in [5.74, 6) is 1.29. The van der Waals surface area contributed by atoms with Gasteiger partial charge in [0.05, 0.1) is 0 Å². The summed E-state index contributed by atoms with van der Waals surface area (Å²) in [6.07, 6.45) is 7.33. The van der Waals surface area contributed by atoms with Gasteiger partial charge in [0.25, 0.3) is 0 Å². The largest absolute Gasteiger partial charge is 0.314 e. The van der Waals surface area contributed by atoms with E-state index in [2.05, 4.69) is 30.9 Å². The average Bonchev–Trinajstić information content (AvgIpc) is 2.17. The van der Waals surface area contributed by atoms with Gasteiger partial charge in [-0.05, 0) is 26.3 Å². The van der Waals surface area contributed by atoms with Crippen LogP contribution in [0.4, 0.5) is 0 Å². The van der Waals surface area contributed by atoms with Gasteiger partial charge in [0, 0.05) is 17.0 Å². The standard InChI is InChI=1S/C11H23NS/c1-3-12-10(2)9-13-11-7-5-4-6-8-11/h10-12H,3-9H2,1-2H3. The molecule has 2 heteroatoms. The first kappa shape index (κ1) is 11.4. The fraction of sp³-hybridized carbons (Fsp3) is 1.00. The van der Waals surface area contributed by atoms with Crippen molar-refractivity contribution < 1.29 is 0 Å². The van der Waals surface area contributed by atoms with Gasteiger partial charge in [-0.25, -0.2) is 0 Å². The molecule has 13 heavy (non-hydrogen) atoms. The van der Waals surface area contributed by atoms with Crippen LogP contribution in [0, 0.1) is 0 Å². The Labute approximate surface area is 87.1 Å². The van der Waals surface area contributed by atoms with Gasteiger partial charge >= 0.3 is 0 Å². The van der Waals surface area contributed by atoms with E-state index < -0.39 is 0 Å². The smallest absolute Gasteiger partial charge is 0.0129 e. The molecular weight excluding hydrogens is 178 g/mol. The van der Waals surface area contributed by atoms with Crippen LogP contribution in [0.25, 0.3) is 0 Å². The maximum absolute atomic E-state index is 3.46. The molecule has 1 rings (SSSR count). The van der Waals surface area contributed by atoms with Gasteiger partial charge in [-0.1, -0.05) is 26.2 Å². The zero-order valence-electron chi connectivity index (χ0n) is 9.01. The van der Waals surface area contributed by atoms with Gasteiger partial charge in [-0.2, -0.15) is 11.8 Å². The van der Waals surface area contributed by atoms with Crippen molar-refractivity contribution in [3.8, 4) is 0 Å². The molecule has 0 aliphatic heterocycles. The third-order valence-electron chi connectivity index (χ3n) is 2.69. The zero-order valence-corrected chi connectivity index (χ0v) is 9.83. The van der Waals surface area contributed by atoms with Crippen molar-refractivity contribution in [1.82, 2.24) is 5.32 Å². The molecule has 0 bridgehead atoms. The van der Waals surface area contributed by atoms with Crippen molar-refractivity contribution in [1.29, 1.82) is 0 Å². The predicted molar refractivity (Wildman–Crippen MR) is 62.5 cm³/mol. The lowest BCUT2D eigenvalue weighted by atomic mass is 10.0. The molecule has 1 unspecified atom stereocenters. The van der Waals surface area contributed by atoms with E-state index in [1.807, 2.05) is 0 Å². The lowest BCUT2D eigenvalue weighted by Crippen LogP contribution is -2.28. The van der Waals surface area contributed by atoms with Crippen LogP contribution >= 0.6 is 11.8 Å². The zero-order chi connectivity index (χ0) is 9.52. The molecule has 0 aromatic rings. The number of hydrogen-bond donors (Lipinski definition) is 1. The van der Waals surface area contributed by atoms with E-state index in [1.54, 1.807) is 0 Å². The third-order valence-corrected chi connectivity index (χ3v) is 4.32. The van der Waals surface area contributed by atoms with Crippen molar-refractivity contribution in [2.45, 2.75) is 57.2 Å². The molecule has 1 fully saturated rings. The van der Waals surface area contributed by atoms with Crippen molar-refractivity contribution in [2.75, 3.05) is 12.3 Å². The molecule has 1 nitrogen and oxygen atoms in total. The second-order valence-corrected chi connectivity index (χ2v) is 5.39. The highest BCUT2D eigenvalue weighted by Crippen LogP contribution is 2.28. The Morgan fingerprint density at radius 1 is 1.31 bits per heavy atom. The lowest BCUT2D eigenvalue weighted by molar-refractivity contribution is 0.514. The summed E-state index contributed by atoms with van der Waals surface area (Å²) < 4.78 is 0. The summed E-state index contributed by atoms with van der Waals surface area (Å²) in [7, 11) is 0. The number of hydrogen-bond acceptors (Lipinski definition) is 2. The average molecular weight is 201 g/mol. The van der Waals surface area contributed by atoms with Crippen LogP contribution < -0.4 is 5.32 Å². The minimum atomic E-state index is 0.692. The molecule has 1 N–H and O–H groups in total. The fourth-order valence-electron chi connectivity index (χ4n) is 1.92. The highest BCUT2D eigenvalue weighted by atomic mass is 32.2. The molecule has 0 spiro atoms. The summed E-state index contributed by atoms with van der Waals surface area (Å²) in [6.45, 7) is 5.58. The van der Waals surface area contributed by atoms with Crippen molar-refractivity contribution in [2.24, 2.45) is 0 Å². The first-order valence-electron chi connectivity index (χ1n) is 5.68. The number of nitrogens with one attached hydrogen (secondary N) is 1. The minimum Gasteiger partial charge on any atom is -0.314 e. The van der Waals surface area contributed by atoms with Crippen LogP contribution in [0.1, 0.15) is 46.0 Å².